The SMILES string of the molecule is COC(=O)CC(C)OC1CCCCO1. The molecule has 1 rings (SSSR count). The third kappa shape index (κ3) is 4.07. The molecule has 82 valence electrons. The molecule has 0 N–H and O–H groups in total. The van der Waals surface area contributed by atoms with Gasteiger partial charge < -0.3 is 14.2 Å². The lowest BCUT2D eigenvalue weighted by Crippen LogP contribution is -2.28. The second kappa shape index (κ2) is 5.98. The Morgan fingerprint density at radius 2 is 2.36 bits per heavy atom. The van der Waals surface area contributed by atoms with Gasteiger partial charge in [0, 0.05) is 6.61 Å². The first-order valence-electron chi connectivity index (χ1n) is 5.06. The predicted molar refractivity (Wildman–Crippen MR) is 50.8 cm³/mol. The molecule has 2 unspecified atom stereocenters. The Hall–Kier alpha value is -0.610. The molecule has 1 fully saturated rings. The van der Waals surface area contributed by atoms with Gasteiger partial charge in [0.25, 0.3) is 0 Å². The van der Waals surface area contributed by atoms with Gasteiger partial charge in [-0.15, -0.1) is 0 Å². The minimum Gasteiger partial charge on any atom is -0.469 e. The number of hydrogen-bond donors (Lipinski definition) is 0. The lowest BCUT2D eigenvalue weighted by Gasteiger charge is -2.25. The molecule has 0 aromatic carbocycles. The third-order valence-electron chi connectivity index (χ3n) is 2.20. The largest absolute Gasteiger partial charge is 0.469 e. The van der Waals surface area contributed by atoms with Crippen molar-refractivity contribution in [2.45, 2.75) is 45.0 Å². The number of hydrogen-bond acceptors (Lipinski definition) is 4. The molecule has 0 radical (unpaired) electrons. The first kappa shape index (κ1) is 11.5. The van der Waals surface area contributed by atoms with E-state index in [-0.39, 0.29) is 24.8 Å². The predicted octanol–water partition coefficient (Wildman–Crippen LogP) is 1.48. The van der Waals surface area contributed by atoms with Gasteiger partial charge in [-0.1, -0.05) is 0 Å². The van der Waals surface area contributed by atoms with Gasteiger partial charge in [0.2, 0.25) is 0 Å². The highest BCUT2D eigenvalue weighted by Gasteiger charge is 2.18. The second-order valence-electron chi connectivity index (χ2n) is 3.52. The summed E-state index contributed by atoms with van der Waals surface area (Å²) in [6, 6.07) is 0. The summed E-state index contributed by atoms with van der Waals surface area (Å²) in [5.74, 6) is -0.242. The maximum atomic E-state index is 10.9. The van der Waals surface area contributed by atoms with E-state index in [1.54, 1.807) is 0 Å². The fourth-order valence-electron chi connectivity index (χ4n) is 1.44. The van der Waals surface area contributed by atoms with Gasteiger partial charge >= 0.3 is 5.97 Å². The zero-order valence-electron chi connectivity index (χ0n) is 8.82. The molecule has 1 heterocycles. The Balaban J connectivity index is 2.18. The molecule has 1 aliphatic heterocycles. The van der Waals surface area contributed by atoms with Crippen molar-refractivity contribution in [3.8, 4) is 0 Å². The number of carbonyl (C=O) groups excluding carboxylic acids is 1. The molecule has 0 aromatic heterocycles. The van der Waals surface area contributed by atoms with Crippen LogP contribution >= 0.6 is 0 Å². The van der Waals surface area contributed by atoms with Crippen LogP contribution in [0.25, 0.3) is 0 Å². The van der Waals surface area contributed by atoms with Crippen molar-refractivity contribution in [3.63, 3.8) is 0 Å². The van der Waals surface area contributed by atoms with Crippen LogP contribution in [0.1, 0.15) is 32.6 Å². The Bertz CT molecular complexity index is 175. The fraction of sp³-hybridized carbons (Fsp3) is 0.900. The van der Waals surface area contributed by atoms with Crippen LogP contribution in [0.3, 0.4) is 0 Å². The van der Waals surface area contributed by atoms with E-state index in [1.807, 2.05) is 6.92 Å². The average Bonchev–Trinajstić information content (AvgIpc) is 2.19. The van der Waals surface area contributed by atoms with Crippen LogP contribution in [0.5, 0.6) is 0 Å². The normalized spacial score (nSPS) is 24.3. The van der Waals surface area contributed by atoms with Crippen molar-refractivity contribution in [1.29, 1.82) is 0 Å². The molecule has 1 aliphatic rings. The Morgan fingerprint density at radius 1 is 1.57 bits per heavy atom. The second-order valence-corrected chi connectivity index (χ2v) is 3.52. The lowest BCUT2D eigenvalue weighted by molar-refractivity contribution is -0.188. The molecular formula is C10H18O4. The van der Waals surface area contributed by atoms with Gasteiger partial charge in [0.15, 0.2) is 6.29 Å². The first-order valence-corrected chi connectivity index (χ1v) is 5.06. The van der Waals surface area contributed by atoms with Crippen molar-refractivity contribution in [3.05, 3.63) is 0 Å². The van der Waals surface area contributed by atoms with Crippen LogP contribution in [0.2, 0.25) is 0 Å². The summed E-state index contributed by atoms with van der Waals surface area (Å²) in [5.41, 5.74) is 0. The molecule has 0 saturated carbocycles. The number of ether oxygens (including phenoxy) is 3. The van der Waals surface area contributed by atoms with Gasteiger partial charge in [0.1, 0.15) is 0 Å². The molecule has 0 spiro atoms. The average molecular weight is 202 g/mol. The van der Waals surface area contributed by atoms with Crippen LogP contribution in [0.15, 0.2) is 0 Å². The van der Waals surface area contributed by atoms with Gasteiger partial charge in [-0.2, -0.15) is 0 Å². The summed E-state index contributed by atoms with van der Waals surface area (Å²) >= 11 is 0. The summed E-state index contributed by atoms with van der Waals surface area (Å²) in [6.07, 6.45) is 3.18. The van der Waals surface area contributed by atoms with Crippen LogP contribution < -0.4 is 0 Å². The zero-order chi connectivity index (χ0) is 10.4. The van der Waals surface area contributed by atoms with Gasteiger partial charge in [-0.05, 0) is 26.2 Å². The fourth-order valence-corrected chi connectivity index (χ4v) is 1.44. The minimum atomic E-state index is -0.242. The van der Waals surface area contributed by atoms with E-state index in [1.165, 1.54) is 7.11 Å². The van der Waals surface area contributed by atoms with Gasteiger partial charge in [-0.3, -0.25) is 4.79 Å². The van der Waals surface area contributed by atoms with E-state index >= 15 is 0 Å². The maximum Gasteiger partial charge on any atom is 0.308 e. The minimum absolute atomic E-state index is 0.134. The Morgan fingerprint density at radius 3 is 2.93 bits per heavy atom. The van der Waals surface area contributed by atoms with E-state index < -0.39 is 0 Å². The monoisotopic (exact) mass is 202 g/mol. The Labute approximate surface area is 84.5 Å². The van der Waals surface area contributed by atoms with Gasteiger partial charge in [0.05, 0.1) is 19.6 Å². The summed E-state index contributed by atoms with van der Waals surface area (Å²) in [7, 11) is 1.38. The molecule has 1 saturated heterocycles. The highest BCUT2D eigenvalue weighted by atomic mass is 16.7. The molecule has 14 heavy (non-hydrogen) atoms. The van der Waals surface area contributed by atoms with Crippen molar-refractivity contribution < 1.29 is 19.0 Å². The van der Waals surface area contributed by atoms with Crippen LogP contribution in [0, 0.1) is 0 Å². The molecule has 2 atom stereocenters. The van der Waals surface area contributed by atoms with Crippen molar-refractivity contribution >= 4 is 5.97 Å². The van der Waals surface area contributed by atoms with E-state index in [9.17, 15) is 4.79 Å². The highest BCUT2D eigenvalue weighted by Crippen LogP contribution is 2.16. The van der Waals surface area contributed by atoms with Crippen molar-refractivity contribution in [2.75, 3.05) is 13.7 Å². The number of carbonyl (C=O) groups is 1. The molecule has 4 heteroatoms. The third-order valence-corrected chi connectivity index (χ3v) is 2.20. The van der Waals surface area contributed by atoms with Crippen molar-refractivity contribution in [1.82, 2.24) is 0 Å². The molecule has 0 amide bonds. The van der Waals surface area contributed by atoms with Crippen LogP contribution in [-0.4, -0.2) is 32.1 Å². The molecule has 0 aromatic rings. The molecule has 0 bridgehead atoms. The number of rotatable bonds is 4. The quantitative estimate of drug-likeness (QED) is 0.648. The maximum absolute atomic E-state index is 10.9. The lowest BCUT2D eigenvalue weighted by atomic mass is 10.2. The number of esters is 1. The first-order chi connectivity index (χ1) is 6.72. The van der Waals surface area contributed by atoms with Crippen molar-refractivity contribution in [2.24, 2.45) is 0 Å². The topological polar surface area (TPSA) is 44.8 Å². The van der Waals surface area contributed by atoms with E-state index in [2.05, 4.69) is 4.74 Å². The smallest absolute Gasteiger partial charge is 0.308 e. The summed E-state index contributed by atoms with van der Waals surface area (Å²) in [4.78, 5) is 10.9. The van der Waals surface area contributed by atoms with E-state index in [0.717, 1.165) is 25.9 Å². The van der Waals surface area contributed by atoms with Crippen LogP contribution in [0.4, 0.5) is 0 Å². The molecule has 4 nitrogen and oxygen atoms in total. The zero-order valence-corrected chi connectivity index (χ0v) is 8.82. The summed E-state index contributed by atoms with van der Waals surface area (Å²) in [5, 5.41) is 0. The Kier molecular flexibility index (Phi) is 4.90. The standard InChI is InChI=1S/C10H18O4/c1-8(7-9(11)12-2)14-10-5-3-4-6-13-10/h8,10H,3-7H2,1-2H3. The summed E-state index contributed by atoms with van der Waals surface area (Å²) < 4.78 is 15.5. The van der Waals surface area contributed by atoms with E-state index in [0.29, 0.717) is 0 Å². The highest BCUT2D eigenvalue weighted by molar-refractivity contribution is 5.69. The van der Waals surface area contributed by atoms with E-state index in [4.69, 9.17) is 9.47 Å². The van der Waals surface area contributed by atoms with Gasteiger partial charge in [-0.25, -0.2) is 0 Å². The summed E-state index contributed by atoms with van der Waals surface area (Å²) in [6.45, 7) is 2.62. The number of methoxy groups -OCH3 is 1. The molecule has 0 aliphatic carbocycles. The molecular weight excluding hydrogens is 184 g/mol. The van der Waals surface area contributed by atoms with Crippen LogP contribution in [-0.2, 0) is 19.0 Å².